The highest BCUT2D eigenvalue weighted by molar-refractivity contribution is 5.98. The number of aromatic amines is 1. The molecule has 21 heavy (non-hydrogen) atoms. The van der Waals surface area contributed by atoms with Gasteiger partial charge in [0.25, 0.3) is 11.5 Å². The predicted octanol–water partition coefficient (Wildman–Crippen LogP) is -0.0421. The van der Waals surface area contributed by atoms with Crippen molar-refractivity contribution in [3.8, 4) is 0 Å². The minimum Gasteiger partial charge on any atom is -0.481 e. The fourth-order valence-electron chi connectivity index (χ4n) is 1.84. The van der Waals surface area contributed by atoms with Crippen LogP contribution in [-0.2, 0) is 9.59 Å². The van der Waals surface area contributed by atoms with Gasteiger partial charge in [-0.05, 0) is 31.9 Å². The van der Waals surface area contributed by atoms with Crippen molar-refractivity contribution < 1.29 is 24.6 Å². The first-order valence-corrected chi connectivity index (χ1v) is 6.10. The second-order valence-electron chi connectivity index (χ2n) is 4.67. The van der Waals surface area contributed by atoms with Crippen molar-refractivity contribution >= 4 is 17.8 Å². The number of hydrogen-bond donors (Lipinski definition) is 4. The molecule has 1 rings (SSSR count). The first-order chi connectivity index (χ1) is 9.65. The van der Waals surface area contributed by atoms with E-state index in [-0.39, 0.29) is 5.56 Å². The molecule has 1 aromatic rings. The van der Waals surface area contributed by atoms with Gasteiger partial charge in [-0.15, -0.1) is 0 Å². The lowest BCUT2D eigenvalue weighted by atomic mass is 10.0. The van der Waals surface area contributed by atoms with Crippen LogP contribution in [-0.4, -0.2) is 39.1 Å². The molecule has 0 spiro atoms. The van der Waals surface area contributed by atoms with E-state index in [2.05, 4.69) is 10.3 Å². The molecule has 1 heterocycles. The van der Waals surface area contributed by atoms with Crippen LogP contribution in [0.25, 0.3) is 0 Å². The van der Waals surface area contributed by atoms with E-state index in [0.717, 1.165) is 0 Å². The number of hydrogen-bond acceptors (Lipinski definition) is 4. The number of carbonyl (C=O) groups is 3. The first kappa shape index (κ1) is 16.4. The second kappa shape index (κ2) is 6.21. The Bertz CT molecular complexity index is 661. The summed E-state index contributed by atoms with van der Waals surface area (Å²) >= 11 is 0. The van der Waals surface area contributed by atoms with Crippen molar-refractivity contribution in [3.63, 3.8) is 0 Å². The Balaban J connectivity index is 3.15. The van der Waals surface area contributed by atoms with Crippen LogP contribution in [0.4, 0.5) is 0 Å². The van der Waals surface area contributed by atoms with E-state index in [0.29, 0.717) is 16.8 Å². The smallest absolute Gasteiger partial charge is 0.326 e. The van der Waals surface area contributed by atoms with Crippen LogP contribution in [0.1, 0.15) is 33.6 Å². The summed E-state index contributed by atoms with van der Waals surface area (Å²) in [5.41, 5.74) is 0.870. The van der Waals surface area contributed by atoms with Crippen LogP contribution in [0, 0.1) is 20.8 Å². The third-order valence-corrected chi connectivity index (χ3v) is 3.24. The topological polar surface area (TPSA) is 137 Å². The van der Waals surface area contributed by atoms with E-state index < -0.39 is 35.9 Å². The Labute approximate surface area is 119 Å². The molecular formula is C13H16N2O6. The molecule has 0 saturated carbocycles. The van der Waals surface area contributed by atoms with Crippen molar-refractivity contribution in [2.75, 3.05) is 0 Å². The third-order valence-electron chi connectivity index (χ3n) is 3.24. The number of H-pyrrole nitrogens is 1. The Morgan fingerprint density at radius 3 is 2.19 bits per heavy atom. The number of carbonyl (C=O) groups excluding carboxylic acids is 1. The predicted molar refractivity (Wildman–Crippen MR) is 72.4 cm³/mol. The zero-order valence-corrected chi connectivity index (χ0v) is 11.8. The maximum absolute atomic E-state index is 12.1. The number of amides is 1. The molecule has 1 atom stereocenters. The highest BCUT2D eigenvalue weighted by Gasteiger charge is 2.26. The number of carboxylic acid groups (broad SMARTS) is 2. The van der Waals surface area contributed by atoms with Gasteiger partial charge in [-0.3, -0.25) is 14.4 Å². The Morgan fingerprint density at radius 1 is 1.14 bits per heavy atom. The van der Waals surface area contributed by atoms with Gasteiger partial charge in [-0.25, -0.2) is 4.79 Å². The van der Waals surface area contributed by atoms with Gasteiger partial charge in [0.15, 0.2) is 0 Å². The molecular weight excluding hydrogens is 280 g/mol. The molecule has 0 fully saturated rings. The van der Waals surface area contributed by atoms with Crippen molar-refractivity contribution in [2.24, 2.45) is 0 Å². The number of pyridine rings is 1. The number of aromatic nitrogens is 1. The molecule has 8 heteroatoms. The second-order valence-corrected chi connectivity index (χ2v) is 4.67. The lowest BCUT2D eigenvalue weighted by molar-refractivity contribution is -0.145. The lowest BCUT2D eigenvalue weighted by Crippen LogP contribution is -2.44. The fraction of sp³-hybridized carbons (Fsp3) is 0.385. The molecule has 0 bridgehead atoms. The molecule has 1 amide bonds. The zero-order chi connectivity index (χ0) is 16.3. The van der Waals surface area contributed by atoms with Crippen molar-refractivity contribution in [1.29, 1.82) is 0 Å². The molecule has 8 nitrogen and oxygen atoms in total. The van der Waals surface area contributed by atoms with Crippen LogP contribution in [0.5, 0.6) is 0 Å². The summed E-state index contributed by atoms with van der Waals surface area (Å²) in [7, 11) is 0. The minimum absolute atomic E-state index is 0.213. The zero-order valence-electron chi connectivity index (χ0n) is 11.8. The summed E-state index contributed by atoms with van der Waals surface area (Å²) in [6.45, 7) is 4.96. The summed E-state index contributed by atoms with van der Waals surface area (Å²) in [4.78, 5) is 47.9. The molecule has 0 aliphatic heterocycles. The maximum Gasteiger partial charge on any atom is 0.326 e. The first-order valence-electron chi connectivity index (χ1n) is 6.10. The van der Waals surface area contributed by atoms with Gasteiger partial charge >= 0.3 is 11.9 Å². The molecule has 0 saturated heterocycles. The van der Waals surface area contributed by atoms with Gasteiger partial charge in [0.2, 0.25) is 0 Å². The molecule has 0 aromatic carbocycles. The fourth-order valence-corrected chi connectivity index (χ4v) is 1.84. The van der Waals surface area contributed by atoms with Gasteiger partial charge in [0.05, 0.1) is 6.42 Å². The number of carboxylic acids is 2. The van der Waals surface area contributed by atoms with Crippen LogP contribution in [0.3, 0.4) is 0 Å². The molecule has 0 unspecified atom stereocenters. The van der Waals surface area contributed by atoms with Crippen molar-refractivity contribution in [2.45, 2.75) is 33.2 Å². The molecule has 4 N–H and O–H groups in total. The van der Waals surface area contributed by atoms with Crippen LogP contribution >= 0.6 is 0 Å². The quantitative estimate of drug-likeness (QED) is 0.601. The number of nitrogens with one attached hydrogen (secondary N) is 2. The van der Waals surface area contributed by atoms with E-state index in [4.69, 9.17) is 10.2 Å². The normalized spacial score (nSPS) is 11.8. The number of aliphatic carboxylic acids is 2. The van der Waals surface area contributed by atoms with E-state index in [1.165, 1.54) is 0 Å². The summed E-state index contributed by atoms with van der Waals surface area (Å²) in [5.74, 6) is -3.76. The van der Waals surface area contributed by atoms with E-state index >= 15 is 0 Å². The summed E-state index contributed by atoms with van der Waals surface area (Å²) < 4.78 is 0. The van der Waals surface area contributed by atoms with Gasteiger partial charge < -0.3 is 20.5 Å². The number of aryl methyl sites for hydroxylation is 1. The average molecular weight is 296 g/mol. The van der Waals surface area contributed by atoms with Crippen LogP contribution < -0.4 is 10.9 Å². The van der Waals surface area contributed by atoms with E-state index in [1.54, 1.807) is 20.8 Å². The number of rotatable bonds is 5. The summed E-state index contributed by atoms with van der Waals surface area (Å²) in [6, 6.07) is -1.60. The Morgan fingerprint density at radius 2 is 1.71 bits per heavy atom. The summed E-state index contributed by atoms with van der Waals surface area (Å²) in [6.07, 6.45) is -0.775. The van der Waals surface area contributed by atoms with E-state index in [9.17, 15) is 19.2 Å². The third kappa shape index (κ3) is 3.68. The van der Waals surface area contributed by atoms with Crippen LogP contribution in [0.2, 0.25) is 0 Å². The Kier molecular flexibility index (Phi) is 4.85. The largest absolute Gasteiger partial charge is 0.481 e. The molecule has 0 radical (unpaired) electrons. The highest BCUT2D eigenvalue weighted by atomic mass is 16.4. The van der Waals surface area contributed by atoms with Gasteiger partial charge in [-0.1, -0.05) is 0 Å². The SMILES string of the molecule is Cc1[nH]c(=O)c(C(=O)N[C@@H](CC(=O)O)C(=O)O)c(C)c1C. The lowest BCUT2D eigenvalue weighted by Gasteiger charge is -2.14. The van der Waals surface area contributed by atoms with Crippen molar-refractivity contribution in [3.05, 3.63) is 32.7 Å². The molecule has 0 aliphatic carbocycles. The summed E-state index contributed by atoms with van der Waals surface area (Å²) in [5, 5.41) is 19.6. The van der Waals surface area contributed by atoms with Gasteiger partial charge in [-0.2, -0.15) is 0 Å². The van der Waals surface area contributed by atoms with Gasteiger partial charge in [0.1, 0.15) is 11.6 Å². The Hall–Kier alpha value is -2.64. The standard InChI is InChI=1S/C13H16N2O6/c1-5-6(2)10(11(18)14-7(5)3)12(19)15-8(13(20)21)4-9(16)17/h8H,4H2,1-3H3,(H,14,18)(H,15,19)(H,16,17)(H,20,21)/t8-/m0/s1. The average Bonchev–Trinajstić information content (AvgIpc) is 2.34. The highest BCUT2D eigenvalue weighted by Crippen LogP contribution is 2.11. The van der Waals surface area contributed by atoms with E-state index in [1.807, 2.05) is 0 Å². The molecule has 114 valence electrons. The maximum atomic E-state index is 12.1. The van der Waals surface area contributed by atoms with Gasteiger partial charge in [0, 0.05) is 5.69 Å². The molecule has 0 aliphatic rings. The minimum atomic E-state index is -1.60. The monoisotopic (exact) mass is 296 g/mol. The van der Waals surface area contributed by atoms with Crippen molar-refractivity contribution in [1.82, 2.24) is 10.3 Å². The van der Waals surface area contributed by atoms with Crippen LogP contribution in [0.15, 0.2) is 4.79 Å². The molecule has 1 aromatic heterocycles.